The highest BCUT2D eigenvalue weighted by molar-refractivity contribution is 6.01. The first-order valence-electron chi connectivity index (χ1n) is 25.2. The number of benzene rings is 11. The van der Waals surface area contributed by atoms with Gasteiger partial charge in [0.05, 0.1) is 11.4 Å². The number of nitrogens with zero attached hydrogens (tertiary/aromatic N) is 2. The minimum absolute atomic E-state index is 0.0972. The largest absolute Gasteiger partial charge is 0.310 e. The molecule has 2 nitrogen and oxygen atoms in total. The molecule has 2 aliphatic rings. The van der Waals surface area contributed by atoms with Gasteiger partial charge in [-0.05, 0) is 138 Å². The first-order chi connectivity index (χ1) is 35.2. The van der Waals surface area contributed by atoms with Crippen molar-refractivity contribution in [2.24, 2.45) is 0 Å². The van der Waals surface area contributed by atoms with Crippen LogP contribution in [0.4, 0.5) is 34.1 Å². The van der Waals surface area contributed by atoms with E-state index < -0.39 is 0 Å². The number of hydrogen-bond donors (Lipinski definition) is 0. The van der Waals surface area contributed by atoms with Crippen molar-refractivity contribution in [2.75, 3.05) is 9.80 Å². The number of hydrogen-bond acceptors (Lipinski definition) is 2. The average molecular weight is 923 g/mol. The fraction of sp³-hybridized carbons (Fsp3) is 0.0857. The van der Waals surface area contributed by atoms with Crippen molar-refractivity contribution in [3.63, 3.8) is 0 Å². The standard InChI is InChI=1S/C70H54N2/c1-69(2)63-23-11-9-21-59(63)61-43-41-55(45-65(61)69)71(67-25-13-17-51-15-5-7-19-57(51)67)53-37-31-48(32-38-53)28-27-47-29-33-49(34-30-47)50-35-39-54(40-36-50)72(68-26-14-18-52-16-6-8-20-58(52)68)56-42-44-62-60-22-10-12-24-64(60)70(3,4)66(62)46-56/h5-46H,1-4H3/b28-27+. The predicted molar refractivity (Wildman–Crippen MR) is 307 cm³/mol. The molecule has 0 radical (unpaired) electrons. The lowest BCUT2D eigenvalue weighted by atomic mass is 9.82. The Balaban J connectivity index is 0.780. The zero-order chi connectivity index (χ0) is 48.6. The van der Waals surface area contributed by atoms with E-state index in [4.69, 9.17) is 0 Å². The minimum Gasteiger partial charge on any atom is -0.310 e. The van der Waals surface area contributed by atoms with E-state index in [0.717, 1.165) is 45.3 Å². The molecule has 0 heterocycles. The summed E-state index contributed by atoms with van der Waals surface area (Å²) >= 11 is 0. The van der Waals surface area contributed by atoms with Crippen LogP contribution in [-0.2, 0) is 10.8 Å². The lowest BCUT2D eigenvalue weighted by molar-refractivity contribution is 0.660. The topological polar surface area (TPSA) is 6.48 Å². The molecule has 0 spiro atoms. The monoisotopic (exact) mass is 922 g/mol. The Bertz CT molecular complexity index is 3900. The minimum atomic E-state index is -0.0988. The molecule has 0 saturated carbocycles. The maximum absolute atomic E-state index is 2.43. The third-order valence-corrected chi connectivity index (χ3v) is 15.7. The molecule has 0 amide bonds. The second-order valence-corrected chi connectivity index (χ2v) is 20.6. The van der Waals surface area contributed by atoms with Crippen LogP contribution in [0.25, 0.3) is 67.1 Å². The molecule has 11 aromatic carbocycles. The Kier molecular flexibility index (Phi) is 10.2. The molecule has 344 valence electrons. The normalized spacial score (nSPS) is 13.7. The summed E-state index contributed by atoms with van der Waals surface area (Å²) in [5, 5.41) is 4.89. The molecule has 0 bridgehead atoms. The van der Waals surface area contributed by atoms with E-state index in [1.54, 1.807) is 0 Å². The van der Waals surface area contributed by atoms with Crippen LogP contribution in [-0.4, -0.2) is 0 Å². The molecule has 0 unspecified atom stereocenters. The molecule has 72 heavy (non-hydrogen) atoms. The fourth-order valence-corrected chi connectivity index (χ4v) is 11.8. The quantitative estimate of drug-likeness (QED) is 0.133. The maximum Gasteiger partial charge on any atom is 0.0540 e. The second kappa shape index (κ2) is 17.0. The van der Waals surface area contributed by atoms with Crippen molar-refractivity contribution in [1.82, 2.24) is 0 Å². The predicted octanol–water partition coefficient (Wildman–Crippen LogP) is 19.4. The van der Waals surface area contributed by atoms with Crippen LogP contribution < -0.4 is 9.80 Å². The molecule has 13 rings (SSSR count). The van der Waals surface area contributed by atoms with Crippen LogP contribution in [0.1, 0.15) is 61.1 Å². The first kappa shape index (κ1) is 43.3. The summed E-state index contributed by atoms with van der Waals surface area (Å²) in [5.74, 6) is 0. The number of anilines is 6. The van der Waals surface area contributed by atoms with Gasteiger partial charge in [0.2, 0.25) is 0 Å². The van der Waals surface area contributed by atoms with Gasteiger partial charge in [-0.25, -0.2) is 0 Å². The van der Waals surface area contributed by atoms with Crippen LogP contribution in [0.2, 0.25) is 0 Å². The lowest BCUT2D eigenvalue weighted by Gasteiger charge is -2.29. The van der Waals surface area contributed by atoms with Crippen molar-refractivity contribution in [3.8, 4) is 33.4 Å². The molecule has 2 aliphatic carbocycles. The Labute approximate surface area is 423 Å². The van der Waals surface area contributed by atoms with Crippen LogP contribution in [0.15, 0.2) is 243 Å². The van der Waals surface area contributed by atoms with E-state index in [-0.39, 0.29) is 10.8 Å². The van der Waals surface area contributed by atoms with Crippen molar-refractivity contribution in [3.05, 3.63) is 276 Å². The summed E-state index contributed by atoms with van der Waals surface area (Å²) in [4.78, 5) is 4.86. The van der Waals surface area contributed by atoms with E-state index in [0.29, 0.717) is 0 Å². The van der Waals surface area contributed by atoms with Crippen molar-refractivity contribution >= 4 is 67.8 Å². The summed E-state index contributed by atoms with van der Waals surface area (Å²) in [5.41, 5.74) is 22.2. The average Bonchev–Trinajstić information content (AvgIpc) is 3.80. The van der Waals surface area contributed by atoms with Gasteiger partial charge in [-0.2, -0.15) is 0 Å². The Morgan fingerprint density at radius 2 is 0.639 bits per heavy atom. The van der Waals surface area contributed by atoms with E-state index in [1.807, 2.05) is 0 Å². The first-order valence-corrected chi connectivity index (χ1v) is 25.2. The van der Waals surface area contributed by atoms with E-state index in [1.165, 1.54) is 77.2 Å². The molecule has 0 atom stereocenters. The van der Waals surface area contributed by atoms with Gasteiger partial charge in [0.15, 0.2) is 0 Å². The van der Waals surface area contributed by atoms with Gasteiger partial charge in [0.25, 0.3) is 0 Å². The van der Waals surface area contributed by atoms with Crippen LogP contribution in [0, 0.1) is 0 Å². The van der Waals surface area contributed by atoms with Crippen LogP contribution >= 0.6 is 0 Å². The summed E-state index contributed by atoms with van der Waals surface area (Å²) < 4.78 is 0. The highest BCUT2D eigenvalue weighted by Gasteiger charge is 2.37. The molecular weight excluding hydrogens is 869 g/mol. The fourth-order valence-electron chi connectivity index (χ4n) is 11.8. The molecule has 0 saturated heterocycles. The van der Waals surface area contributed by atoms with Gasteiger partial charge >= 0.3 is 0 Å². The Hall–Kier alpha value is -8.72. The summed E-state index contributed by atoms with van der Waals surface area (Å²) in [6, 6.07) is 89.4. The molecule has 0 N–H and O–H groups in total. The zero-order valence-corrected chi connectivity index (χ0v) is 41.1. The third-order valence-electron chi connectivity index (χ3n) is 15.7. The van der Waals surface area contributed by atoms with E-state index >= 15 is 0 Å². The second-order valence-electron chi connectivity index (χ2n) is 20.6. The van der Waals surface area contributed by atoms with Gasteiger partial charge in [0, 0.05) is 44.4 Å². The van der Waals surface area contributed by atoms with Crippen molar-refractivity contribution in [2.45, 2.75) is 38.5 Å². The molecule has 0 aliphatic heterocycles. The summed E-state index contributed by atoms with van der Waals surface area (Å²) in [6.45, 7) is 9.42. The zero-order valence-electron chi connectivity index (χ0n) is 41.1. The summed E-state index contributed by atoms with van der Waals surface area (Å²) in [7, 11) is 0. The van der Waals surface area contributed by atoms with Gasteiger partial charge < -0.3 is 9.80 Å². The molecular formula is C70H54N2. The third kappa shape index (κ3) is 7.17. The smallest absolute Gasteiger partial charge is 0.0540 e. The number of rotatable bonds is 9. The van der Waals surface area contributed by atoms with E-state index in [2.05, 4.69) is 292 Å². The molecule has 11 aromatic rings. The lowest BCUT2D eigenvalue weighted by Crippen LogP contribution is -2.16. The van der Waals surface area contributed by atoms with Gasteiger partial charge in [-0.3, -0.25) is 0 Å². The summed E-state index contributed by atoms with van der Waals surface area (Å²) in [6.07, 6.45) is 4.43. The van der Waals surface area contributed by atoms with Crippen LogP contribution in [0.5, 0.6) is 0 Å². The molecule has 2 heteroatoms. The highest BCUT2D eigenvalue weighted by Crippen LogP contribution is 2.53. The Morgan fingerprint density at radius 1 is 0.292 bits per heavy atom. The highest BCUT2D eigenvalue weighted by atomic mass is 15.1. The van der Waals surface area contributed by atoms with Gasteiger partial charge in [-0.1, -0.05) is 222 Å². The van der Waals surface area contributed by atoms with Gasteiger partial charge in [0.1, 0.15) is 0 Å². The molecule has 0 fully saturated rings. The Morgan fingerprint density at radius 3 is 1.11 bits per heavy atom. The maximum atomic E-state index is 2.43. The van der Waals surface area contributed by atoms with Crippen LogP contribution in [0.3, 0.4) is 0 Å². The van der Waals surface area contributed by atoms with Crippen molar-refractivity contribution in [1.29, 1.82) is 0 Å². The molecule has 0 aromatic heterocycles. The number of fused-ring (bicyclic) bond motifs is 8. The van der Waals surface area contributed by atoms with Gasteiger partial charge in [-0.15, -0.1) is 0 Å². The SMILES string of the molecule is CC1(C)c2ccccc2-c2ccc(N(c3ccc(/C=C/c4ccc(-c5ccc(N(c6ccc7c(c6)C(C)(C)c6ccccc6-7)c6cccc7ccccc67)cc5)cc4)cc3)c3cccc4ccccc34)cc21. The van der Waals surface area contributed by atoms with Crippen molar-refractivity contribution < 1.29 is 0 Å². The van der Waals surface area contributed by atoms with E-state index in [9.17, 15) is 0 Å².